The van der Waals surface area contributed by atoms with E-state index in [4.69, 9.17) is 0 Å². The third-order valence-corrected chi connectivity index (χ3v) is 3.06. The molecular weight excluding hydrogens is 322 g/mol. The Morgan fingerprint density at radius 3 is 2.76 bits per heavy atom. The van der Waals surface area contributed by atoms with Crippen molar-refractivity contribution in [2.45, 2.75) is 0 Å². The lowest BCUT2D eigenvalue weighted by molar-refractivity contribution is -0.384. The number of allylic oxidation sites excluding steroid dienone is 3. The zero-order valence-corrected chi connectivity index (χ0v) is 13.2. The molecule has 25 heavy (non-hydrogen) atoms. The molecule has 2 aromatic rings. The van der Waals surface area contributed by atoms with Gasteiger partial charge in [-0.3, -0.25) is 14.9 Å². The van der Waals surface area contributed by atoms with Crippen molar-refractivity contribution >= 4 is 23.4 Å². The van der Waals surface area contributed by atoms with E-state index in [-0.39, 0.29) is 11.4 Å². The number of hydrogen-bond acceptors (Lipinski definition) is 5. The zero-order valence-electron chi connectivity index (χ0n) is 13.2. The van der Waals surface area contributed by atoms with Crippen LogP contribution in [-0.4, -0.2) is 25.6 Å². The number of nitro groups is 1. The smallest absolute Gasteiger partial charge is 0.274 e. The van der Waals surface area contributed by atoms with Crippen molar-refractivity contribution < 1.29 is 9.72 Å². The van der Waals surface area contributed by atoms with E-state index in [9.17, 15) is 14.9 Å². The Balaban J connectivity index is 2.43. The summed E-state index contributed by atoms with van der Waals surface area (Å²) in [6.07, 6.45) is 8.67. The number of hydrogen-bond donors (Lipinski definition) is 1. The van der Waals surface area contributed by atoms with Gasteiger partial charge in [-0.1, -0.05) is 31.4 Å². The summed E-state index contributed by atoms with van der Waals surface area (Å²) in [7, 11) is 0. The first kappa shape index (κ1) is 17.5. The minimum Gasteiger partial charge on any atom is -0.321 e. The molecule has 0 bridgehead atoms. The molecule has 1 aromatic carbocycles. The number of nitrogens with zero attached hydrogens (tertiary/aromatic N) is 4. The molecular formula is C17H15N5O3. The first-order chi connectivity index (χ1) is 12.0. The summed E-state index contributed by atoms with van der Waals surface area (Å²) < 4.78 is 1.27. The largest absolute Gasteiger partial charge is 0.321 e. The molecule has 0 atom stereocenters. The van der Waals surface area contributed by atoms with E-state index < -0.39 is 10.8 Å². The Kier molecular flexibility index (Phi) is 5.72. The van der Waals surface area contributed by atoms with Gasteiger partial charge in [0.15, 0.2) is 0 Å². The number of benzene rings is 1. The summed E-state index contributed by atoms with van der Waals surface area (Å²) in [5.41, 5.74) is 0.980. The molecule has 1 heterocycles. The molecule has 0 saturated carbocycles. The molecule has 8 nitrogen and oxygen atoms in total. The molecule has 126 valence electrons. The van der Waals surface area contributed by atoms with E-state index in [0.29, 0.717) is 11.3 Å². The molecule has 0 unspecified atom stereocenters. The Labute approximate surface area is 143 Å². The van der Waals surface area contributed by atoms with Gasteiger partial charge in [-0.15, -0.1) is 0 Å². The van der Waals surface area contributed by atoms with Crippen molar-refractivity contribution in [1.29, 1.82) is 0 Å². The normalized spacial score (nSPS) is 11.7. The molecule has 1 N–H and O–H groups in total. The number of amides is 1. The second-order valence-electron chi connectivity index (χ2n) is 4.74. The maximum absolute atomic E-state index is 12.6. The summed E-state index contributed by atoms with van der Waals surface area (Å²) in [5, 5.41) is 17.5. The average molecular weight is 337 g/mol. The summed E-state index contributed by atoms with van der Waals surface area (Å²) >= 11 is 0. The number of aromatic nitrogens is 3. The van der Waals surface area contributed by atoms with Gasteiger partial charge in [-0.05, 0) is 23.8 Å². The van der Waals surface area contributed by atoms with E-state index in [1.807, 2.05) is 0 Å². The number of carbonyl (C=O) groups is 1. The first-order valence-corrected chi connectivity index (χ1v) is 7.13. The molecule has 2 rings (SSSR count). The Morgan fingerprint density at radius 2 is 2.16 bits per heavy atom. The molecule has 0 aliphatic rings. The highest BCUT2D eigenvalue weighted by Crippen LogP contribution is 2.17. The second-order valence-corrected chi connectivity index (χ2v) is 4.74. The van der Waals surface area contributed by atoms with Gasteiger partial charge in [-0.25, -0.2) is 9.67 Å². The van der Waals surface area contributed by atoms with E-state index >= 15 is 0 Å². The van der Waals surface area contributed by atoms with Crippen LogP contribution in [0.2, 0.25) is 0 Å². The highest BCUT2D eigenvalue weighted by Gasteiger charge is 2.14. The number of rotatable bonds is 7. The molecule has 0 aliphatic heterocycles. The molecule has 0 radical (unpaired) electrons. The Hall–Kier alpha value is -3.81. The summed E-state index contributed by atoms with van der Waals surface area (Å²) in [6.45, 7) is 7.17. The third kappa shape index (κ3) is 4.58. The van der Waals surface area contributed by atoms with Crippen LogP contribution in [0.1, 0.15) is 5.56 Å². The van der Waals surface area contributed by atoms with Gasteiger partial charge < -0.3 is 5.32 Å². The van der Waals surface area contributed by atoms with Gasteiger partial charge in [0, 0.05) is 17.8 Å². The molecule has 1 amide bonds. The topological polar surface area (TPSA) is 103 Å². The highest BCUT2D eigenvalue weighted by molar-refractivity contribution is 6.18. The van der Waals surface area contributed by atoms with Gasteiger partial charge in [0.1, 0.15) is 18.4 Å². The second kappa shape index (κ2) is 8.16. The maximum Gasteiger partial charge on any atom is 0.274 e. The quantitative estimate of drug-likeness (QED) is 0.362. The van der Waals surface area contributed by atoms with Crippen LogP contribution in [0.3, 0.4) is 0 Å². The molecule has 0 saturated heterocycles. The fraction of sp³-hybridized carbons (Fsp3) is 0. The van der Waals surface area contributed by atoms with E-state index in [0.717, 1.165) is 0 Å². The van der Waals surface area contributed by atoms with E-state index in [2.05, 4.69) is 28.6 Å². The van der Waals surface area contributed by atoms with Crippen LogP contribution < -0.4 is 5.32 Å². The molecule has 0 aliphatic carbocycles. The standard InChI is InChI=1S/C17H15N5O3/c1-3-6-14(4-2)20-17(23)16(21-12-18-11-19-21)10-13-7-5-8-15(9-13)22(24)25/h3-12H,1-2H2,(H,20,23)/b14-6+,16-10-. The lowest BCUT2D eigenvalue weighted by Crippen LogP contribution is -2.25. The first-order valence-electron chi connectivity index (χ1n) is 7.13. The van der Waals surface area contributed by atoms with Crippen LogP contribution in [0.25, 0.3) is 11.8 Å². The van der Waals surface area contributed by atoms with Crippen molar-refractivity contribution in [2.75, 3.05) is 0 Å². The molecule has 8 heteroatoms. The summed E-state index contributed by atoms with van der Waals surface area (Å²) in [5.74, 6) is -0.481. The molecule has 1 aromatic heterocycles. The summed E-state index contributed by atoms with van der Waals surface area (Å²) in [6, 6.07) is 5.91. The fourth-order valence-electron chi connectivity index (χ4n) is 1.94. The van der Waals surface area contributed by atoms with Crippen LogP contribution >= 0.6 is 0 Å². The third-order valence-electron chi connectivity index (χ3n) is 3.06. The van der Waals surface area contributed by atoms with Gasteiger partial charge in [-0.2, -0.15) is 5.10 Å². The van der Waals surface area contributed by atoms with Crippen molar-refractivity contribution in [3.05, 3.63) is 89.7 Å². The number of nitrogens with one attached hydrogen (secondary N) is 1. The SMILES string of the molecule is C=C/C=C(\C=C)NC(=O)/C(=C/c1cccc([N+](=O)[O-])c1)n1cncn1. The van der Waals surface area contributed by atoms with Gasteiger partial charge in [0.05, 0.1) is 4.92 Å². The predicted octanol–water partition coefficient (Wildman–Crippen LogP) is 2.56. The van der Waals surface area contributed by atoms with Gasteiger partial charge in [0.25, 0.3) is 11.6 Å². The van der Waals surface area contributed by atoms with Crippen molar-refractivity contribution in [2.24, 2.45) is 0 Å². The van der Waals surface area contributed by atoms with Crippen LogP contribution in [0.5, 0.6) is 0 Å². The van der Waals surface area contributed by atoms with Crippen LogP contribution in [0.15, 0.2) is 74.0 Å². The van der Waals surface area contributed by atoms with Crippen LogP contribution in [-0.2, 0) is 4.79 Å². The minimum atomic E-state index is -0.505. The number of non-ortho nitro benzene ring substituents is 1. The summed E-state index contributed by atoms with van der Waals surface area (Å²) in [4.78, 5) is 26.8. The fourth-order valence-corrected chi connectivity index (χ4v) is 1.94. The van der Waals surface area contributed by atoms with Crippen LogP contribution in [0, 0.1) is 10.1 Å². The Bertz CT molecular complexity index is 866. The molecule has 0 spiro atoms. The number of carbonyl (C=O) groups excluding carboxylic acids is 1. The molecule has 0 fully saturated rings. The lowest BCUT2D eigenvalue weighted by Gasteiger charge is -2.09. The predicted molar refractivity (Wildman–Crippen MR) is 93.9 cm³/mol. The van der Waals surface area contributed by atoms with E-state index in [1.54, 1.807) is 12.1 Å². The zero-order chi connectivity index (χ0) is 18.2. The maximum atomic E-state index is 12.6. The van der Waals surface area contributed by atoms with Crippen LogP contribution in [0.4, 0.5) is 5.69 Å². The van der Waals surface area contributed by atoms with Gasteiger partial charge in [0.2, 0.25) is 0 Å². The van der Waals surface area contributed by atoms with Gasteiger partial charge >= 0.3 is 0 Å². The van der Waals surface area contributed by atoms with Crippen molar-refractivity contribution in [3.8, 4) is 0 Å². The monoisotopic (exact) mass is 337 g/mol. The lowest BCUT2D eigenvalue weighted by atomic mass is 10.1. The van der Waals surface area contributed by atoms with E-state index in [1.165, 1.54) is 53.8 Å². The Morgan fingerprint density at radius 1 is 1.36 bits per heavy atom. The minimum absolute atomic E-state index is 0.0783. The average Bonchev–Trinajstić information content (AvgIpc) is 3.13. The number of nitro benzene ring substituents is 1. The van der Waals surface area contributed by atoms with Crippen molar-refractivity contribution in [1.82, 2.24) is 20.1 Å². The highest BCUT2D eigenvalue weighted by atomic mass is 16.6. The van der Waals surface area contributed by atoms with Crippen molar-refractivity contribution in [3.63, 3.8) is 0 Å².